The number of carbonyl (C=O) groups excluding carboxylic acids is 1. The fourth-order valence-electron chi connectivity index (χ4n) is 1.35. The maximum absolute atomic E-state index is 12.9. The molecule has 1 aromatic heterocycles. The van der Waals surface area contributed by atoms with Crippen molar-refractivity contribution >= 4 is 5.91 Å². The Kier molecular flexibility index (Phi) is 3.57. The Labute approximate surface area is 102 Å². The van der Waals surface area contributed by atoms with Gasteiger partial charge in [0.05, 0.1) is 5.56 Å². The molecular formula is C12H9F2N3O. The van der Waals surface area contributed by atoms with Crippen LogP contribution in [0.3, 0.4) is 0 Å². The van der Waals surface area contributed by atoms with Crippen LogP contribution in [-0.4, -0.2) is 15.9 Å². The van der Waals surface area contributed by atoms with Crippen molar-refractivity contribution in [3.05, 3.63) is 59.7 Å². The number of rotatable bonds is 3. The molecule has 1 amide bonds. The van der Waals surface area contributed by atoms with Crippen molar-refractivity contribution in [3.8, 4) is 0 Å². The Bertz CT molecular complexity index is 561. The van der Waals surface area contributed by atoms with Gasteiger partial charge < -0.3 is 5.32 Å². The van der Waals surface area contributed by atoms with Gasteiger partial charge in [0.1, 0.15) is 6.33 Å². The van der Waals surface area contributed by atoms with Gasteiger partial charge in [-0.1, -0.05) is 6.07 Å². The largest absolute Gasteiger partial charge is 0.348 e. The Morgan fingerprint density at radius 3 is 2.56 bits per heavy atom. The second-order valence-electron chi connectivity index (χ2n) is 3.56. The fraction of sp³-hybridized carbons (Fsp3) is 0.0833. The summed E-state index contributed by atoms with van der Waals surface area (Å²) in [5, 5.41) is 2.55. The molecule has 92 valence electrons. The molecule has 0 fully saturated rings. The summed E-state index contributed by atoms with van der Waals surface area (Å²) in [6, 6.07) is 3.46. The van der Waals surface area contributed by atoms with Crippen LogP contribution >= 0.6 is 0 Å². The van der Waals surface area contributed by atoms with Crippen LogP contribution in [0.15, 0.2) is 36.9 Å². The molecule has 0 bridgehead atoms. The first-order chi connectivity index (χ1) is 8.66. The minimum absolute atomic E-state index is 0.102. The molecule has 0 saturated carbocycles. The van der Waals surface area contributed by atoms with Gasteiger partial charge in [0.2, 0.25) is 0 Å². The standard InChI is InChI=1S/C12H9F2N3O/c13-10-2-1-8(3-11(10)14)4-17-12(18)9-5-15-7-16-6-9/h1-3,5-7H,4H2,(H,17,18). The highest BCUT2D eigenvalue weighted by atomic mass is 19.2. The lowest BCUT2D eigenvalue weighted by Gasteiger charge is -2.05. The van der Waals surface area contributed by atoms with Crippen LogP contribution in [0.4, 0.5) is 8.78 Å². The molecule has 0 aliphatic rings. The van der Waals surface area contributed by atoms with Gasteiger partial charge in [0.15, 0.2) is 11.6 Å². The minimum Gasteiger partial charge on any atom is -0.348 e. The van der Waals surface area contributed by atoms with Gasteiger partial charge in [-0.15, -0.1) is 0 Å². The van der Waals surface area contributed by atoms with E-state index in [9.17, 15) is 13.6 Å². The molecule has 1 heterocycles. The predicted molar refractivity (Wildman–Crippen MR) is 59.6 cm³/mol. The molecule has 0 spiro atoms. The zero-order chi connectivity index (χ0) is 13.0. The molecule has 2 aromatic rings. The summed E-state index contributed by atoms with van der Waals surface area (Å²) < 4.78 is 25.6. The van der Waals surface area contributed by atoms with Crippen LogP contribution in [0.25, 0.3) is 0 Å². The molecule has 0 atom stereocenters. The van der Waals surface area contributed by atoms with Crippen LogP contribution < -0.4 is 5.32 Å². The summed E-state index contributed by atoms with van der Waals surface area (Å²) in [6.45, 7) is 0.102. The summed E-state index contributed by atoms with van der Waals surface area (Å²) in [5.41, 5.74) is 0.777. The van der Waals surface area contributed by atoms with Gasteiger partial charge in [-0.25, -0.2) is 18.7 Å². The van der Waals surface area contributed by atoms with E-state index < -0.39 is 11.6 Å². The molecule has 0 aliphatic heterocycles. The number of halogens is 2. The summed E-state index contributed by atoms with van der Waals surface area (Å²) in [6.07, 6.45) is 4.05. The molecule has 6 heteroatoms. The average Bonchev–Trinajstić information content (AvgIpc) is 2.41. The molecule has 0 aliphatic carbocycles. The third-order valence-electron chi connectivity index (χ3n) is 2.26. The lowest BCUT2D eigenvalue weighted by atomic mass is 10.2. The summed E-state index contributed by atoms with van der Waals surface area (Å²) in [5.74, 6) is -2.23. The fourth-order valence-corrected chi connectivity index (χ4v) is 1.35. The van der Waals surface area contributed by atoms with Gasteiger partial charge in [-0.3, -0.25) is 4.79 Å². The number of amides is 1. The van der Waals surface area contributed by atoms with E-state index in [2.05, 4.69) is 15.3 Å². The highest BCUT2D eigenvalue weighted by Crippen LogP contribution is 2.08. The predicted octanol–water partition coefficient (Wildman–Crippen LogP) is 1.68. The first-order valence-electron chi connectivity index (χ1n) is 5.14. The van der Waals surface area contributed by atoms with Crippen molar-refractivity contribution in [1.29, 1.82) is 0 Å². The van der Waals surface area contributed by atoms with Gasteiger partial charge in [-0.2, -0.15) is 0 Å². The van der Waals surface area contributed by atoms with E-state index in [4.69, 9.17) is 0 Å². The summed E-state index contributed by atoms with van der Waals surface area (Å²) in [7, 11) is 0. The maximum Gasteiger partial charge on any atom is 0.254 e. The lowest BCUT2D eigenvalue weighted by Crippen LogP contribution is -2.23. The van der Waals surface area contributed by atoms with Crippen LogP contribution in [0.2, 0.25) is 0 Å². The third kappa shape index (κ3) is 2.85. The van der Waals surface area contributed by atoms with Crippen molar-refractivity contribution in [3.63, 3.8) is 0 Å². The summed E-state index contributed by atoms with van der Waals surface area (Å²) in [4.78, 5) is 19.0. The number of nitrogens with zero attached hydrogens (tertiary/aromatic N) is 2. The van der Waals surface area contributed by atoms with Gasteiger partial charge in [0, 0.05) is 18.9 Å². The topological polar surface area (TPSA) is 54.9 Å². The normalized spacial score (nSPS) is 10.1. The zero-order valence-electron chi connectivity index (χ0n) is 9.23. The quantitative estimate of drug-likeness (QED) is 0.900. The number of carbonyl (C=O) groups is 1. The first-order valence-corrected chi connectivity index (χ1v) is 5.14. The van der Waals surface area contributed by atoms with Crippen molar-refractivity contribution < 1.29 is 13.6 Å². The third-order valence-corrected chi connectivity index (χ3v) is 2.26. The SMILES string of the molecule is O=C(NCc1ccc(F)c(F)c1)c1cncnc1. The van der Waals surface area contributed by atoms with Crippen molar-refractivity contribution in [1.82, 2.24) is 15.3 Å². The van der Waals surface area contributed by atoms with E-state index in [0.29, 0.717) is 11.1 Å². The van der Waals surface area contributed by atoms with E-state index >= 15 is 0 Å². The number of benzene rings is 1. The number of nitrogens with one attached hydrogen (secondary N) is 1. The van der Waals surface area contributed by atoms with Crippen LogP contribution in [-0.2, 0) is 6.54 Å². The van der Waals surface area contributed by atoms with Crippen molar-refractivity contribution in [2.24, 2.45) is 0 Å². The lowest BCUT2D eigenvalue weighted by molar-refractivity contribution is 0.0950. The van der Waals surface area contributed by atoms with Crippen molar-refractivity contribution in [2.45, 2.75) is 6.54 Å². The molecule has 2 rings (SSSR count). The number of hydrogen-bond donors (Lipinski definition) is 1. The van der Waals surface area contributed by atoms with Crippen LogP contribution in [0.5, 0.6) is 0 Å². The molecule has 18 heavy (non-hydrogen) atoms. The molecular weight excluding hydrogens is 240 g/mol. The Hall–Kier alpha value is -2.37. The second kappa shape index (κ2) is 5.31. The van der Waals surface area contributed by atoms with E-state index in [1.54, 1.807) is 0 Å². The maximum atomic E-state index is 12.9. The van der Waals surface area contributed by atoms with E-state index in [0.717, 1.165) is 12.1 Å². The Morgan fingerprint density at radius 1 is 1.17 bits per heavy atom. The second-order valence-corrected chi connectivity index (χ2v) is 3.56. The Balaban J connectivity index is 1.99. The summed E-state index contributed by atoms with van der Waals surface area (Å²) >= 11 is 0. The zero-order valence-corrected chi connectivity index (χ0v) is 9.23. The van der Waals surface area contributed by atoms with Crippen LogP contribution in [0, 0.1) is 11.6 Å². The van der Waals surface area contributed by atoms with E-state index in [-0.39, 0.29) is 12.5 Å². The molecule has 0 saturated heterocycles. The monoisotopic (exact) mass is 249 g/mol. The molecule has 0 unspecified atom stereocenters. The molecule has 4 nitrogen and oxygen atoms in total. The van der Waals surface area contributed by atoms with Gasteiger partial charge >= 0.3 is 0 Å². The Morgan fingerprint density at radius 2 is 1.89 bits per heavy atom. The van der Waals surface area contributed by atoms with E-state index in [1.165, 1.54) is 24.8 Å². The minimum atomic E-state index is -0.940. The first kappa shape index (κ1) is 12.1. The van der Waals surface area contributed by atoms with Crippen LogP contribution in [0.1, 0.15) is 15.9 Å². The van der Waals surface area contributed by atoms with E-state index in [1.807, 2.05) is 0 Å². The average molecular weight is 249 g/mol. The number of aromatic nitrogens is 2. The van der Waals surface area contributed by atoms with Gasteiger partial charge in [-0.05, 0) is 17.7 Å². The van der Waals surface area contributed by atoms with Gasteiger partial charge in [0.25, 0.3) is 5.91 Å². The highest BCUT2D eigenvalue weighted by molar-refractivity contribution is 5.93. The highest BCUT2D eigenvalue weighted by Gasteiger charge is 2.07. The number of hydrogen-bond acceptors (Lipinski definition) is 3. The van der Waals surface area contributed by atoms with Crippen molar-refractivity contribution in [2.75, 3.05) is 0 Å². The molecule has 1 aromatic carbocycles. The smallest absolute Gasteiger partial charge is 0.254 e. The molecule has 1 N–H and O–H groups in total. The molecule has 0 radical (unpaired) electrons.